The number of fused-ring (bicyclic) bond motifs is 1. The zero-order valence-corrected chi connectivity index (χ0v) is 8.99. The second kappa shape index (κ2) is 2.84. The molecule has 0 spiro atoms. The molecule has 2 atom stereocenters. The molecule has 0 aromatic carbocycles. The van der Waals surface area contributed by atoms with Gasteiger partial charge in [0.05, 0.1) is 5.41 Å². The summed E-state index contributed by atoms with van der Waals surface area (Å²) in [5.41, 5.74) is 1.32. The van der Waals surface area contributed by atoms with Crippen molar-refractivity contribution in [3.63, 3.8) is 0 Å². The van der Waals surface area contributed by atoms with Gasteiger partial charge in [0.2, 0.25) is 0 Å². The maximum Gasteiger partial charge on any atom is 0.117 e. The van der Waals surface area contributed by atoms with E-state index in [0.717, 1.165) is 5.84 Å². The quantitative estimate of drug-likeness (QED) is 0.617. The Labute approximate surface area is 85.3 Å². The van der Waals surface area contributed by atoms with Crippen LogP contribution in [0.2, 0.25) is 0 Å². The molecule has 2 rings (SSSR count). The van der Waals surface area contributed by atoms with E-state index in [1.54, 1.807) is 0 Å². The minimum atomic E-state index is 0.0556. The first-order valence-electron chi connectivity index (χ1n) is 4.93. The van der Waals surface area contributed by atoms with Crippen molar-refractivity contribution in [3.05, 3.63) is 36.6 Å². The van der Waals surface area contributed by atoms with Crippen LogP contribution in [0.1, 0.15) is 13.8 Å². The van der Waals surface area contributed by atoms with Gasteiger partial charge in [-0.15, -0.1) is 0 Å². The van der Waals surface area contributed by atoms with Crippen molar-refractivity contribution in [2.24, 2.45) is 10.4 Å². The van der Waals surface area contributed by atoms with Crippen LogP contribution in [0.5, 0.6) is 0 Å². The molecule has 0 aliphatic carbocycles. The molecule has 2 heterocycles. The van der Waals surface area contributed by atoms with E-state index < -0.39 is 0 Å². The lowest BCUT2D eigenvalue weighted by atomic mass is 9.67. The normalized spacial score (nSPS) is 35.1. The van der Waals surface area contributed by atoms with Crippen LogP contribution >= 0.6 is 0 Å². The molecular weight excluding hydrogens is 172 g/mol. The lowest BCUT2D eigenvalue weighted by Crippen LogP contribution is -2.65. The maximum absolute atomic E-state index is 4.46. The van der Waals surface area contributed by atoms with Crippen LogP contribution in [-0.4, -0.2) is 23.8 Å². The van der Waals surface area contributed by atoms with E-state index in [1.165, 1.54) is 5.57 Å². The van der Waals surface area contributed by atoms with Crippen LogP contribution < -0.4 is 0 Å². The van der Waals surface area contributed by atoms with Gasteiger partial charge in [0, 0.05) is 19.3 Å². The monoisotopic (exact) mass is 188 g/mol. The summed E-state index contributed by atoms with van der Waals surface area (Å²) < 4.78 is 0. The van der Waals surface area contributed by atoms with Gasteiger partial charge in [-0.05, 0) is 25.5 Å². The first kappa shape index (κ1) is 9.25. The molecule has 0 bridgehead atoms. The second-order valence-electron chi connectivity index (χ2n) is 4.11. The summed E-state index contributed by atoms with van der Waals surface area (Å²) >= 11 is 0. The highest BCUT2D eigenvalue weighted by Crippen LogP contribution is 2.46. The van der Waals surface area contributed by atoms with Gasteiger partial charge in [-0.3, -0.25) is 0 Å². The summed E-state index contributed by atoms with van der Waals surface area (Å²) in [6.07, 6.45) is 7.88. The Morgan fingerprint density at radius 3 is 3.00 bits per heavy atom. The van der Waals surface area contributed by atoms with Crippen LogP contribution in [0.3, 0.4) is 0 Å². The highest BCUT2D eigenvalue weighted by Gasteiger charge is 2.52. The van der Waals surface area contributed by atoms with E-state index in [2.05, 4.69) is 43.4 Å². The fourth-order valence-electron chi connectivity index (χ4n) is 2.37. The van der Waals surface area contributed by atoms with Crippen molar-refractivity contribution in [1.29, 1.82) is 0 Å². The zero-order chi connectivity index (χ0) is 10.3. The molecule has 2 heteroatoms. The molecule has 2 aliphatic rings. The Hall–Kier alpha value is -1.31. The summed E-state index contributed by atoms with van der Waals surface area (Å²) in [5, 5.41) is 0. The highest BCUT2D eigenvalue weighted by molar-refractivity contribution is 5.98. The third-order valence-corrected chi connectivity index (χ3v) is 3.59. The zero-order valence-electron chi connectivity index (χ0n) is 8.99. The first-order chi connectivity index (χ1) is 6.62. The third kappa shape index (κ3) is 0.884. The van der Waals surface area contributed by atoms with E-state index in [9.17, 15) is 0 Å². The lowest BCUT2D eigenvalue weighted by molar-refractivity contribution is 0.173. The van der Waals surface area contributed by atoms with Crippen molar-refractivity contribution in [2.75, 3.05) is 7.05 Å². The number of rotatable bonds is 1. The van der Waals surface area contributed by atoms with Crippen molar-refractivity contribution in [1.82, 2.24) is 4.90 Å². The topological polar surface area (TPSA) is 15.6 Å². The lowest BCUT2D eigenvalue weighted by Gasteiger charge is -2.55. The van der Waals surface area contributed by atoms with Crippen molar-refractivity contribution >= 4 is 5.84 Å². The van der Waals surface area contributed by atoms with Gasteiger partial charge in [-0.25, -0.2) is 4.99 Å². The number of hydrogen-bond donors (Lipinski definition) is 0. The predicted molar refractivity (Wildman–Crippen MR) is 60.2 cm³/mol. The molecule has 0 aromatic heterocycles. The molecule has 14 heavy (non-hydrogen) atoms. The Morgan fingerprint density at radius 1 is 1.64 bits per heavy atom. The van der Waals surface area contributed by atoms with Crippen LogP contribution in [0, 0.1) is 5.41 Å². The van der Waals surface area contributed by atoms with Gasteiger partial charge in [0.15, 0.2) is 0 Å². The first-order valence-corrected chi connectivity index (χ1v) is 4.93. The molecule has 1 saturated heterocycles. The Morgan fingerprint density at radius 2 is 2.36 bits per heavy atom. The fraction of sp³-hybridized carbons (Fsp3) is 0.417. The van der Waals surface area contributed by atoms with Gasteiger partial charge in [0.1, 0.15) is 5.84 Å². The average Bonchev–Trinajstić information content (AvgIpc) is 2.35. The predicted octanol–water partition coefficient (Wildman–Crippen LogP) is 2.36. The van der Waals surface area contributed by atoms with Gasteiger partial charge in [0.25, 0.3) is 0 Å². The van der Waals surface area contributed by atoms with Crippen LogP contribution in [-0.2, 0) is 0 Å². The molecule has 0 aromatic rings. The minimum absolute atomic E-state index is 0.0556. The summed E-state index contributed by atoms with van der Waals surface area (Å²) in [7, 11) is 2.09. The van der Waals surface area contributed by atoms with Crippen molar-refractivity contribution in [2.45, 2.75) is 19.9 Å². The SMILES string of the molecule is C=CC1=CC=CN=C2N(C)C(C)C12C. The number of amidine groups is 1. The van der Waals surface area contributed by atoms with E-state index >= 15 is 0 Å². The van der Waals surface area contributed by atoms with Gasteiger partial charge >= 0.3 is 0 Å². The fourth-order valence-corrected chi connectivity index (χ4v) is 2.37. The summed E-state index contributed by atoms with van der Waals surface area (Å²) in [5.74, 6) is 1.14. The summed E-state index contributed by atoms with van der Waals surface area (Å²) in [4.78, 5) is 6.67. The van der Waals surface area contributed by atoms with Crippen molar-refractivity contribution in [3.8, 4) is 0 Å². The van der Waals surface area contributed by atoms with E-state index in [0.29, 0.717) is 6.04 Å². The van der Waals surface area contributed by atoms with Crippen LogP contribution in [0.4, 0.5) is 0 Å². The van der Waals surface area contributed by atoms with Crippen LogP contribution in [0.25, 0.3) is 0 Å². The molecule has 0 saturated carbocycles. The molecular formula is C12H16N2. The maximum atomic E-state index is 4.46. The molecule has 0 N–H and O–H groups in total. The average molecular weight is 188 g/mol. The highest BCUT2D eigenvalue weighted by atomic mass is 15.3. The van der Waals surface area contributed by atoms with Gasteiger partial charge < -0.3 is 4.90 Å². The number of aliphatic imine (C=N–C) groups is 1. The second-order valence-corrected chi connectivity index (χ2v) is 4.11. The molecule has 0 amide bonds. The molecule has 74 valence electrons. The number of likely N-dealkylation sites (tertiary alicyclic amines) is 1. The molecule has 2 unspecified atom stereocenters. The number of allylic oxidation sites excluding steroid dienone is 3. The number of nitrogens with zero attached hydrogens (tertiary/aromatic N) is 2. The van der Waals surface area contributed by atoms with Gasteiger partial charge in [-0.1, -0.05) is 18.7 Å². The smallest absolute Gasteiger partial charge is 0.117 e. The largest absolute Gasteiger partial charge is 0.358 e. The number of hydrogen-bond acceptors (Lipinski definition) is 2. The van der Waals surface area contributed by atoms with E-state index in [-0.39, 0.29) is 5.41 Å². The molecule has 0 radical (unpaired) electrons. The Balaban J connectivity index is 2.50. The van der Waals surface area contributed by atoms with Crippen molar-refractivity contribution < 1.29 is 0 Å². The third-order valence-electron chi connectivity index (χ3n) is 3.59. The molecule has 1 fully saturated rings. The molecule has 2 aliphatic heterocycles. The van der Waals surface area contributed by atoms with Gasteiger partial charge in [-0.2, -0.15) is 0 Å². The summed E-state index contributed by atoms with van der Waals surface area (Å²) in [6, 6.07) is 0.491. The molecule has 2 nitrogen and oxygen atoms in total. The Kier molecular flexibility index (Phi) is 1.88. The Bertz CT molecular complexity index is 363. The van der Waals surface area contributed by atoms with Crippen LogP contribution in [0.15, 0.2) is 41.6 Å². The standard InChI is InChI=1S/C12H16N2/c1-5-10-7-6-8-13-11-12(10,3)9(2)14(11)4/h5-9H,1H2,2-4H3. The minimum Gasteiger partial charge on any atom is -0.358 e. The van der Waals surface area contributed by atoms with E-state index in [4.69, 9.17) is 0 Å². The van der Waals surface area contributed by atoms with E-state index in [1.807, 2.05) is 18.4 Å². The summed E-state index contributed by atoms with van der Waals surface area (Å²) in [6.45, 7) is 8.33.